The molecule has 0 bridgehead atoms. The van der Waals surface area contributed by atoms with Crippen LogP contribution in [0.25, 0.3) is 0 Å². The highest BCUT2D eigenvalue weighted by Crippen LogP contribution is 2.25. The van der Waals surface area contributed by atoms with Crippen LogP contribution in [-0.2, 0) is 33.3 Å². The van der Waals surface area contributed by atoms with Gasteiger partial charge in [-0.25, -0.2) is 14.6 Å². The summed E-state index contributed by atoms with van der Waals surface area (Å²) in [4.78, 5) is 67.1. The fourth-order valence-electron chi connectivity index (χ4n) is 3.48. The second-order valence-corrected chi connectivity index (χ2v) is 8.95. The Morgan fingerprint density at radius 1 is 1.26 bits per heavy atom. The lowest BCUT2D eigenvalue weighted by atomic mass is 9.95. The van der Waals surface area contributed by atoms with Crippen LogP contribution in [0.4, 0.5) is 4.79 Å². The topological polar surface area (TPSA) is 156 Å². The van der Waals surface area contributed by atoms with E-state index < -0.39 is 66.7 Å². The van der Waals surface area contributed by atoms with Gasteiger partial charge in [0.25, 0.3) is 5.91 Å². The van der Waals surface area contributed by atoms with Crippen molar-refractivity contribution in [3.05, 3.63) is 36.2 Å². The molecule has 0 radical (unpaired) electrons. The summed E-state index contributed by atoms with van der Waals surface area (Å²) >= 11 is 0. The lowest BCUT2D eigenvalue weighted by Gasteiger charge is -2.29. The second-order valence-electron chi connectivity index (χ2n) is 8.95. The van der Waals surface area contributed by atoms with E-state index in [2.05, 4.69) is 16.9 Å². The zero-order valence-electron chi connectivity index (χ0n) is 22.2. The van der Waals surface area contributed by atoms with Crippen molar-refractivity contribution >= 4 is 30.0 Å². The minimum atomic E-state index is -1.42. The third-order valence-corrected chi connectivity index (χ3v) is 5.65. The molecule has 2 heterocycles. The van der Waals surface area contributed by atoms with Gasteiger partial charge in [-0.05, 0) is 38.3 Å². The molecule has 1 fully saturated rings. The fraction of sp³-hybridized carbons (Fsp3) is 0.538. The van der Waals surface area contributed by atoms with E-state index in [0.717, 1.165) is 0 Å². The van der Waals surface area contributed by atoms with E-state index in [1.54, 1.807) is 33.8 Å². The van der Waals surface area contributed by atoms with Gasteiger partial charge in [0.05, 0.1) is 18.4 Å². The van der Waals surface area contributed by atoms with Crippen LogP contribution in [0, 0.1) is 18.8 Å². The third kappa shape index (κ3) is 8.02. The van der Waals surface area contributed by atoms with Gasteiger partial charge < -0.3 is 29.0 Å². The third-order valence-electron chi connectivity index (χ3n) is 5.65. The number of hydrogen-bond acceptors (Lipinski definition) is 11. The predicted molar refractivity (Wildman–Crippen MR) is 132 cm³/mol. The van der Waals surface area contributed by atoms with Gasteiger partial charge in [0, 0.05) is 6.20 Å². The van der Waals surface area contributed by atoms with Gasteiger partial charge in [0.15, 0.2) is 23.6 Å². The Morgan fingerprint density at radius 3 is 2.61 bits per heavy atom. The minimum absolute atomic E-state index is 0.0346. The zero-order chi connectivity index (χ0) is 28.4. The van der Waals surface area contributed by atoms with Crippen LogP contribution in [0.5, 0.6) is 5.75 Å². The van der Waals surface area contributed by atoms with E-state index in [9.17, 15) is 24.0 Å². The van der Waals surface area contributed by atoms with Crippen LogP contribution in [0.1, 0.15) is 56.6 Å². The number of carbonyl (C=O) groups excluding carboxylic acids is 5. The smallest absolute Gasteiger partial charge is 0.463 e. The molecule has 0 saturated carbocycles. The lowest BCUT2D eigenvalue weighted by Crippen LogP contribution is -2.47. The van der Waals surface area contributed by atoms with Gasteiger partial charge in [-0.1, -0.05) is 26.8 Å². The summed E-state index contributed by atoms with van der Waals surface area (Å²) in [7, 11) is 0. The Balaban J connectivity index is 2.24. The minimum Gasteiger partial charge on any atom is -0.463 e. The number of carbonyl (C=O) groups is 5. The Kier molecular flexibility index (Phi) is 11.2. The summed E-state index contributed by atoms with van der Waals surface area (Å²) in [6, 6.07) is 0.102. The number of aryl methyl sites for hydroxylation is 1. The maximum absolute atomic E-state index is 13.1. The van der Waals surface area contributed by atoms with Crippen molar-refractivity contribution in [2.75, 3.05) is 13.2 Å². The van der Waals surface area contributed by atoms with E-state index in [1.165, 1.54) is 19.2 Å². The molecule has 1 aliphatic rings. The summed E-state index contributed by atoms with van der Waals surface area (Å²) in [6.45, 7) is 11.1. The highest BCUT2D eigenvalue weighted by atomic mass is 16.7. The maximum Gasteiger partial charge on any atom is 0.513 e. The molecule has 38 heavy (non-hydrogen) atoms. The number of hydrogen-bond donors (Lipinski definition) is 1. The Bertz CT molecular complexity index is 1050. The van der Waals surface area contributed by atoms with E-state index in [1.807, 2.05) is 0 Å². The number of aromatic nitrogens is 1. The number of cyclic esters (lactones) is 2. The number of pyridine rings is 1. The van der Waals surface area contributed by atoms with Crippen molar-refractivity contribution < 1.29 is 47.7 Å². The summed E-state index contributed by atoms with van der Waals surface area (Å²) in [5, 5.41) is 2.42. The van der Waals surface area contributed by atoms with E-state index >= 15 is 0 Å². The lowest BCUT2D eigenvalue weighted by molar-refractivity contribution is -0.176. The van der Waals surface area contributed by atoms with Gasteiger partial charge in [-0.3, -0.25) is 14.4 Å². The SMILES string of the molecule is C=CCCOC(=O)Oc1c(C)ccnc1C(=O)N[C@H]1COC(=O)[C@H](CC)[C@@H](OC(=O)C(C)C)[C@H](C)OC1=O. The quantitative estimate of drug-likeness (QED) is 0.215. The molecule has 1 aromatic rings. The molecule has 0 unspecified atom stereocenters. The highest BCUT2D eigenvalue weighted by molar-refractivity contribution is 5.98. The molecule has 4 atom stereocenters. The van der Waals surface area contributed by atoms with Gasteiger partial charge in [0.1, 0.15) is 12.7 Å². The maximum atomic E-state index is 13.1. The summed E-state index contributed by atoms with van der Waals surface area (Å²) in [5.74, 6) is -4.60. The first-order valence-corrected chi connectivity index (χ1v) is 12.3. The standard InChI is InChI=1S/C26H34N2O10/c1-7-9-12-34-26(33)38-20-15(5)10-11-27-19(20)22(29)28-18-13-35-24(31)17(8-2)21(16(6)36-25(18)32)37-23(30)14(3)4/h7,10-11,14,16-18,21H,1,8-9,12-13H2,2-6H3,(H,28,29)/t16-,17+,18-,21-/m0/s1. The van der Waals surface area contributed by atoms with E-state index in [-0.39, 0.29) is 24.5 Å². The van der Waals surface area contributed by atoms with Gasteiger partial charge in [0.2, 0.25) is 0 Å². The molecule has 1 saturated heterocycles. The average molecular weight is 535 g/mol. The Morgan fingerprint density at radius 2 is 1.97 bits per heavy atom. The number of esters is 3. The monoisotopic (exact) mass is 534 g/mol. The van der Waals surface area contributed by atoms with Crippen LogP contribution in [0.2, 0.25) is 0 Å². The van der Waals surface area contributed by atoms with Crippen LogP contribution in [0.3, 0.4) is 0 Å². The molecule has 0 spiro atoms. The molecule has 12 heteroatoms. The number of ether oxygens (including phenoxy) is 5. The molecule has 1 aliphatic heterocycles. The molecule has 2 rings (SSSR count). The van der Waals surface area contributed by atoms with Crippen molar-refractivity contribution in [1.82, 2.24) is 10.3 Å². The largest absolute Gasteiger partial charge is 0.513 e. The Labute approximate surface area is 221 Å². The highest BCUT2D eigenvalue weighted by Gasteiger charge is 2.41. The average Bonchev–Trinajstić information content (AvgIpc) is 2.90. The number of rotatable bonds is 9. The van der Waals surface area contributed by atoms with Crippen molar-refractivity contribution in [2.45, 2.75) is 65.7 Å². The number of amides is 1. The zero-order valence-corrected chi connectivity index (χ0v) is 22.2. The summed E-state index contributed by atoms with van der Waals surface area (Å²) in [6.07, 6.45) is 0.409. The normalized spacial score (nSPS) is 21.6. The molecule has 1 N–H and O–H groups in total. The van der Waals surface area contributed by atoms with Crippen LogP contribution in [-0.4, -0.2) is 66.4 Å². The van der Waals surface area contributed by atoms with Crippen molar-refractivity contribution in [3.63, 3.8) is 0 Å². The van der Waals surface area contributed by atoms with Crippen molar-refractivity contribution in [2.24, 2.45) is 11.8 Å². The molecule has 0 aliphatic carbocycles. The van der Waals surface area contributed by atoms with E-state index in [4.69, 9.17) is 23.7 Å². The van der Waals surface area contributed by atoms with Gasteiger partial charge >= 0.3 is 24.1 Å². The van der Waals surface area contributed by atoms with Gasteiger partial charge in [-0.15, -0.1) is 6.58 Å². The predicted octanol–water partition coefficient (Wildman–Crippen LogP) is 2.66. The second kappa shape index (κ2) is 14.1. The Hall–Kier alpha value is -3.96. The molecular weight excluding hydrogens is 500 g/mol. The van der Waals surface area contributed by atoms with Crippen molar-refractivity contribution in [3.8, 4) is 5.75 Å². The number of nitrogens with zero attached hydrogens (tertiary/aromatic N) is 1. The fourth-order valence-corrected chi connectivity index (χ4v) is 3.48. The first-order valence-electron chi connectivity index (χ1n) is 12.3. The van der Waals surface area contributed by atoms with Crippen LogP contribution >= 0.6 is 0 Å². The summed E-state index contributed by atoms with van der Waals surface area (Å²) < 4.78 is 26.4. The molecule has 12 nitrogen and oxygen atoms in total. The molecule has 1 aromatic heterocycles. The molecule has 0 aromatic carbocycles. The molecular formula is C26H34N2O10. The van der Waals surface area contributed by atoms with E-state index in [0.29, 0.717) is 12.0 Å². The first-order chi connectivity index (χ1) is 18.0. The first kappa shape index (κ1) is 30.3. The summed E-state index contributed by atoms with van der Waals surface area (Å²) in [5.41, 5.74) is 0.108. The van der Waals surface area contributed by atoms with Crippen LogP contribution in [0.15, 0.2) is 24.9 Å². The van der Waals surface area contributed by atoms with Crippen LogP contribution < -0.4 is 10.1 Å². The van der Waals surface area contributed by atoms with Gasteiger partial charge in [-0.2, -0.15) is 0 Å². The molecule has 208 valence electrons. The number of nitrogens with one attached hydrogen (secondary N) is 1. The van der Waals surface area contributed by atoms with Crippen molar-refractivity contribution in [1.29, 1.82) is 0 Å². The molecule has 1 amide bonds.